The fourth-order valence-corrected chi connectivity index (χ4v) is 1.61. The van der Waals surface area contributed by atoms with Gasteiger partial charge in [0.25, 0.3) is 11.1 Å². The van der Waals surface area contributed by atoms with Crippen molar-refractivity contribution in [2.24, 2.45) is 0 Å². The summed E-state index contributed by atoms with van der Waals surface area (Å²) in [6.07, 6.45) is 0.527. The van der Waals surface area contributed by atoms with E-state index in [0.29, 0.717) is 11.5 Å². The molecule has 2 rings (SSSR count). The van der Waals surface area contributed by atoms with Gasteiger partial charge in [0.2, 0.25) is 0 Å². The van der Waals surface area contributed by atoms with E-state index in [9.17, 15) is 9.18 Å². The van der Waals surface area contributed by atoms with Crippen molar-refractivity contribution in [3.8, 4) is 17.4 Å². The van der Waals surface area contributed by atoms with Crippen molar-refractivity contribution in [3.63, 3.8) is 0 Å². The number of hydrogen-bond donors (Lipinski definition) is 0. The molecule has 0 saturated heterocycles. The van der Waals surface area contributed by atoms with E-state index in [1.54, 1.807) is 24.3 Å². The van der Waals surface area contributed by atoms with E-state index in [4.69, 9.17) is 32.7 Å². The molecular formula is C14H10Cl2FNO3. The molecule has 0 N–H and O–H groups in total. The summed E-state index contributed by atoms with van der Waals surface area (Å²) in [7, 11) is 0. The molecule has 0 fully saturated rings. The van der Waals surface area contributed by atoms with Gasteiger partial charge in [0, 0.05) is 6.20 Å². The first-order valence-corrected chi connectivity index (χ1v) is 6.66. The van der Waals surface area contributed by atoms with Crippen LogP contribution in [0, 0.1) is 5.82 Å². The predicted octanol–water partition coefficient (Wildman–Crippen LogP) is 4.20. The maximum Gasteiger partial charge on any atom is 0.262 e. The van der Waals surface area contributed by atoms with Crippen molar-refractivity contribution >= 4 is 28.4 Å². The van der Waals surface area contributed by atoms with Gasteiger partial charge in [-0.25, -0.2) is 9.37 Å². The fraction of sp³-hybridized carbons (Fsp3) is 0.143. The smallest absolute Gasteiger partial charge is 0.262 e. The summed E-state index contributed by atoms with van der Waals surface area (Å²) in [6, 6.07) is 7.35. The number of benzene rings is 1. The van der Waals surface area contributed by atoms with Gasteiger partial charge in [0.15, 0.2) is 11.9 Å². The molecule has 0 radical (unpaired) electrons. The molecule has 0 spiro atoms. The van der Waals surface area contributed by atoms with Gasteiger partial charge in [-0.3, -0.25) is 4.79 Å². The highest BCUT2D eigenvalue weighted by Crippen LogP contribution is 2.26. The van der Waals surface area contributed by atoms with E-state index in [1.165, 1.54) is 13.1 Å². The normalized spacial score (nSPS) is 11.8. The summed E-state index contributed by atoms with van der Waals surface area (Å²) in [5.74, 6) is -0.0455. The molecule has 21 heavy (non-hydrogen) atoms. The summed E-state index contributed by atoms with van der Waals surface area (Å²) in [5.41, 5.74) is 0. The number of carbonyl (C=O) groups excluding carboxylic acids is 1. The molecule has 1 heterocycles. The molecule has 0 unspecified atom stereocenters. The highest BCUT2D eigenvalue weighted by Gasteiger charge is 2.12. The molecule has 0 aliphatic carbocycles. The standard InChI is InChI=1S/C14H10Cl2FNO3/c1-8(13(16)19)20-10-2-4-11(5-3-10)21-14-12(17)6-9(15)7-18-14/h2-8H,1H3/t8-/m1/s1. The molecule has 0 aliphatic rings. The van der Waals surface area contributed by atoms with E-state index < -0.39 is 17.2 Å². The third-order valence-corrected chi connectivity index (χ3v) is 2.96. The lowest BCUT2D eigenvalue weighted by atomic mass is 10.3. The second kappa shape index (κ2) is 6.74. The Bertz CT molecular complexity index is 649. The van der Waals surface area contributed by atoms with Crippen molar-refractivity contribution in [1.29, 1.82) is 0 Å². The van der Waals surface area contributed by atoms with Crippen LogP contribution in [-0.2, 0) is 4.79 Å². The largest absolute Gasteiger partial charge is 0.482 e. The number of aromatic nitrogens is 1. The fourth-order valence-electron chi connectivity index (χ4n) is 1.43. The number of nitrogens with zero attached hydrogens (tertiary/aromatic N) is 1. The first-order chi connectivity index (χ1) is 9.95. The highest BCUT2D eigenvalue weighted by molar-refractivity contribution is 6.64. The van der Waals surface area contributed by atoms with Gasteiger partial charge < -0.3 is 9.47 Å². The number of hydrogen-bond acceptors (Lipinski definition) is 4. The van der Waals surface area contributed by atoms with Crippen LogP contribution < -0.4 is 9.47 Å². The Morgan fingerprint density at radius 3 is 2.48 bits per heavy atom. The van der Waals surface area contributed by atoms with E-state index in [0.717, 1.165) is 6.07 Å². The summed E-state index contributed by atoms with van der Waals surface area (Å²) in [4.78, 5) is 14.6. The lowest BCUT2D eigenvalue weighted by Gasteiger charge is -2.11. The Balaban J connectivity index is 2.07. The quantitative estimate of drug-likeness (QED) is 0.771. The molecule has 0 amide bonds. The highest BCUT2D eigenvalue weighted by atomic mass is 35.5. The minimum atomic E-state index is -0.756. The van der Waals surface area contributed by atoms with Gasteiger partial charge in [0.1, 0.15) is 11.5 Å². The Morgan fingerprint density at radius 2 is 1.90 bits per heavy atom. The number of pyridine rings is 1. The molecule has 0 bridgehead atoms. The van der Waals surface area contributed by atoms with Gasteiger partial charge >= 0.3 is 0 Å². The Hall–Kier alpha value is -1.85. The van der Waals surface area contributed by atoms with Crippen LogP contribution in [0.2, 0.25) is 5.02 Å². The molecule has 7 heteroatoms. The molecule has 1 aromatic heterocycles. The summed E-state index contributed by atoms with van der Waals surface area (Å²) in [6.45, 7) is 1.53. The summed E-state index contributed by atoms with van der Waals surface area (Å²) >= 11 is 10.9. The molecule has 0 aliphatic heterocycles. The monoisotopic (exact) mass is 329 g/mol. The Labute approximate surface area is 130 Å². The van der Waals surface area contributed by atoms with Crippen molar-refractivity contribution in [3.05, 3.63) is 47.4 Å². The zero-order chi connectivity index (χ0) is 15.4. The van der Waals surface area contributed by atoms with Crippen molar-refractivity contribution in [2.75, 3.05) is 0 Å². The number of halogens is 3. The molecular weight excluding hydrogens is 320 g/mol. The lowest BCUT2D eigenvalue weighted by Crippen LogP contribution is -2.18. The molecule has 1 aromatic carbocycles. The van der Waals surface area contributed by atoms with Crippen LogP contribution in [0.15, 0.2) is 36.5 Å². The van der Waals surface area contributed by atoms with E-state index in [1.807, 2.05) is 0 Å². The van der Waals surface area contributed by atoms with Crippen molar-refractivity contribution < 1.29 is 18.7 Å². The van der Waals surface area contributed by atoms with Gasteiger partial charge in [-0.05, 0) is 48.9 Å². The first-order valence-electron chi connectivity index (χ1n) is 5.90. The van der Waals surface area contributed by atoms with Crippen LogP contribution >= 0.6 is 23.2 Å². The second-order valence-corrected chi connectivity index (χ2v) is 4.89. The van der Waals surface area contributed by atoms with E-state index in [2.05, 4.69) is 4.98 Å². The molecule has 1 atom stereocenters. The second-order valence-electron chi connectivity index (χ2n) is 4.08. The van der Waals surface area contributed by atoms with E-state index in [-0.39, 0.29) is 10.9 Å². The van der Waals surface area contributed by atoms with Crippen molar-refractivity contribution in [1.82, 2.24) is 4.98 Å². The van der Waals surface area contributed by atoms with Crippen LogP contribution in [0.3, 0.4) is 0 Å². The molecule has 0 saturated carbocycles. The van der Waals surface area contributed by atoms with Crippen LogP contribution in [-0.4, -0.2) is 16.3 Å². The maximum atomic E-state index is 13.5. The number of rotatable bonds is 5. The zero-order valence-corrected chi connectivity index (χ0v) is 12.4. The predicted molar refractivity (Wildman–Crippen MR) is 76.7 cm³/mol. The molecule has 2 aromatic rings. The SMILES string of the molecule is C[C@@H](Oc1ccc(Oc2ncc(Cl)cc2F)cc1)C(=O)Cl. The Kier molecular flexibility index (Phi) is 4.98. The topological polar surface area (TPSA) is 48.4 Å². The third kappa shape index (κ3) is 4.31. The number of ether oxygens (including phenoxy) is 2. The van der Waals surface area contributed by atoms with Gasteiger partial charge in [-0.2, -0.15) is 0 Å². The first kappa shape index (κ1) is 15.5. The lowest BCUT2D eigenvalue weighted by molar-refractivity contribution is -0.117. The molecule has 4 nitrogen and oxygen atoms in total. The average molecular weight is 330 g/mol. The van der Waals surface area contributed by atoms with E-state index >= 15 is 0 Å². The van der Waals surface area contributed by atoms with Crippen LogP contribution in [0.25, 0.3) is 0 Å². The number of carbonyl (C=O) groups is 1. The maximum absolute atomic E-state index is 13.5. The minimum absolute atomic E-state index is 0.183. The summed E-state index contributed by atoms with van der Waals surface area (Å²) < 4.78 is 24.1. The van der Waals surface area contributed by atoms with Crippen LogP contribution in [0.4, 0.5) is 4.39 Å². The Morgan fingerprint density at radius 1 is 1.29 bits per heavy atom. The van der Waals surface area contributed by atoms with Gasteiger partial charge in [0.05, 0.1) is 5.02 Å². The van der Waals surface area contributed by atoms with Gasteiger partial charge in [-0.15, -0.1) is 0 Å². The molecule has 110 valence electrons. The minimum Gasteiger partial charge on any atom is -0.482 e. The van der Waals surface area contributed by atoms with Crippen LogP contribution in [0.1, 0.15) is 6.92 Å². The third-order valence-electron chi connectivity index (χ3n) is 2.44. The summed E-state index contributed by atoms with van der Waals surface area (Å²) in [5, 5.41) is -0.411. The van der Waals surface area contributed by atoms with Gasteiger partial charge in [-0.1, -0.05) is 11.6 Å². The van der Waals surface area contributed by atoms with Crippen LogP contribution in [0.5, 0.6) is 17.4 Å². The zero-order valence-electron chi connectivity index (χ0n) is 10.8. The van der Waals surface area contributed by atoms with Crippen molar-refractivity contribution in [2.45, 2.75) is 13.0 Å². The average Bonchev–Trinajstić information content (AvgIpc) is 2.43.